The summed E-state index contributed by atoms with van der Waals surface area (Å²) in [6.45, 7) is 14.2. The lowest BCUT2D eigenvalue weighted by Gasteiger charge is -2.21. The highest BCUT2D eigenvalue weighted by Gasteiger charge is 2.37. The Morgan fingerprint density at radius 1 is 1.09 bits per heavy atom. The van der Waals surface area contributed by atoms with Gasteiger partial charge < -0.3 is 4.90 Å². The van der Waals surface area contributed by atoms with Gasteiger partial charge in [-0.05, 0) is 29.5 Å². The number of halogens is 1. The van der Waals surface area contributed by atoms with E-state index in [1.165, 1.54) is 5.56 Å². The van der Waals surface area contributed by atoms with Crippen molar-refractivity contribution in [2.45, 2.75) is 47.5 Å². The van der Waals surface area contributed by atoms with E-state index in [0.717, 1.165) is 18.1 Å². The standard InChI is InChI=1S/C17H24ClNO.C2H6/c1-11(2)15-9-19(17(20)12(3)4)10-16(15)13-5-7-14(18)8-6-13;1-2/h5-8,11-12,15-16H,9-10H2,1-4H3;1-2H3. The minimum Gasteiger partial charge on any atom is -0.342 e. The topological polar surface area (TPSA) is 20.3 Å². The molecule has 0 N–H and O–H groups in total. The first-order valence-electron chi connectivity index (χ1n) is 8.44. The molecule has 0 aromatic heterocycles. The lowest BCUT2D eigenvalue weighted by Crippen LogP contribution is -2.32. The smallest absolute Gasteiger partial charge is 0.225 e. The SMILES string of the molecule is CC.CC(C)C(=O)N1CC(c2ccc(Cl)cc2)C(C(C)C)C1. The van der Waals surface area contributed by atoms with Crippen molar-refractivity contribution in [1.29, 1.82) is 0 Å². The van der Waals surface area contributed by atoms with Crippen molar-refractivity contribution in [3.8, 4) is 0 Å². The Balaban J connectivity index is 0.00000116. The molecule has 0 radical (unpaired) electrons. The molecule has 1 aliphatic rings. The van der Waals surface area contributed by atoms with Gasteiger partial charge in [-0.25, -0.2) is 0 Å². The van der Waals surface area contributed by atoms with E-state index in [4.69, 9.17) is 11.6 Å². The summed E-state index contributed by atoms with van der Waals surface area (Å²) in [5.41, 5.74) is 1.30. The molecule has 0 spiro atoms. The third kappa shape index (κ3) is 4.49. The highest BCUT2D eigenvalue weighted by atomic mass is 35.5. The Bertz CT molecular complexity index is 467. The van der Waals surface area contributed by atoms with Crippen molar-refractivity contribution >= 4 is 17.5 Å². The summed E-state index contributed by atoms with van der Waals surface area (Å²) in [4.78, 5) is 14.3. The maximum absolute atomic E-state index is 12.2. The summed E-state index contributed by atoms with van der Waals surface area (Å²) >= 11 is 5.97. The van der Waals surface area contributed by atoms with Gasteiger partial charge in [0.05, 0.1) is 0 Å². The Labute approximate surface area is 140 Å². The fourth-order valence-corrected chi connectivity index (χ4v) is 3.24. The van der Waals surface area contributed by atoms with E-state index in [1.54, 1.807) is 0 Å². The summed E-state index contributed by atoms with van der Waals surface area (Å²) < 4.78 is 0. The fraction of sp³-hybridized carbons (Fsp3) is 0.632. The highest BCUT2D eigenvalue weighted by molar-refractivity contribution is 6.30. The van der Waals surface area contributed by atoms with E-state index < -0.39 is 0 Å². The van der Waals surface area contributed by atoms with Gasteiger partial charge in [0.15, 0.2) is 0 Å². The summed E-state index contributed by atoms with van der Waals surface area (Å²) in [5, 5.41) is 0.767. The number of amides is 1. The van der Waals surface area contributed by atoms with Gasteiger partial charge >= 0.3 is 0 Å². The Hall–Kier alpha value is -1.02. The first-order chi connectivity index (χ1) is 10.4. The van der Waals surface area contributed by atoms with Crippen LogP contribution < -0.4 is 0 Å². The lowest BCUT2D eigenvalue weighted by molar-refractivity contribution is -0.133. The summed E-state index contributed by atoms with van der Waals surface area (Å²) in [6.07, 6.45) is 0. The number of benzene rings is 1. The van der Waals surface area contributed by atoms with Gasteiger partial charge in [0.1, 0.15) is 0 Å². The molecule has 3 heteroatoms. The zero-order valence-corrected chi connectivity index (χ0v) is 15.5. The molecule has 1 heterocycles. The molecule has 0 saturated carbocycles. The molecule has 2 atom stereocenters. The van der Waals surface area contributed by atoms with Crippen molar-refractivity contribution in [2.75, 3.05) is 13.1 Å². The zero-order valence-electron chi connectivity index (χ0n) is 14.8. The quantitative estimate of drug-likeness (QED) is 0.746. The molecule has 1 aliphatic heterocycles. The summed E-state index contributed by atoms with van der Waals surface area (Å²) in [6, 6.07) is 8.10. The molecule has 22 heavy (non-hydrogen) atoms. The molecule has 1 amide bonds. The molecule has 124 valence electrons. The average Bonchev–Trinajstić information content (AvgIpc) is 2.94. The van der Waals surface area contributed by atoms with E-state index in [-0.39, 0.29) is 11.8 Å². The molecule has 2 unspecified atom stereocenters. The first-order valence-corrected chi connectivity index (χ1v) is 8.82. The van der Waals surface area contributed by atoms with Crippen LogP contribution >= 0.6 is 11.6 Å². The van der Waals surface area contributed by atoms with Crippen LogP contribution in [0.15, 0.2) is 24.3 Å². The molecule has 0 aliphatic carbocycles. The summed E-state index contributed by atoms with van der Waals surface area (Å²) in [5.74, 6) is 1.87. The molecule has 0 bridgehead atoms. The molecule has 1 aromatic carbocycles. The van der Waals surface area contributed by atoms with Crippen LogP contribution in [0.1, 0.15) is 53.0 Å². The van der Waals surface area contributed by atoms with E-state index >= 15 is 0 Å². The van der Waals surface area contributed by atoms with Crippen LogP contribution in [0.2, 0.25) is 5.02 Å². The van der Waals surface area contributed by atoms with Crippen LogP contribution in [0.4, 0.5) is 0 Å². The molecule has 1 aromatic rings. The monoisotopic (exact) mass is 323 g/mol. The van der Waals surface area contributed by atoms with E-state index in [9.17, 15) is 4.79 Å². The molecule has 2 nitrogen and oxygen atoms in total. The average molecular weight is 324 g/mol. The van der Waals surface area contributed by atoms with Crippen molar-refractivity contribution < 1.29 is 4.79 Å². The second-order valence-corrected chi connectivity index (χ2v) is 6.90. The predicted octanol–water partition coefficient (Wildman–Crippen LogP) is 5.22. The van der Waals surface area contributed by atoms with Gasteiger partial charge in [-0.2, -0.15) is 0 Å². The molecular formula is C19H30ClNO. The van der Waals surface area contributed by atoms with Gasteiger partial charge in [-0.15, -0.1) is 0 Å². The van der Waals surface area contributed by atoms with Crippen LogP contribution in [0.25, 0.3) is 0 Å². The van der Waals surface area contributed by atoms with Crippen LogP contribution in [0, 0.1) is 17.8 Å². The van der Waals surface area contributed by atoms with Gasteiger partial charge in [-0.1, -0.05) is 65.3 Å². The van der Waals surface area contributed by atoms with Gasteiger partial charge in [0.2, 0.25) is 5.91 Å². The van der Waals surface area contributed by atoms with Crippen LogP contribution in [-0.4, -0.2) is 23.9 Å². The third-order valence-electron chi connectivity index (χ3n) is 4.33. The Morgan fingerprint density at radius 3 is 2.09 bits per heavy atom. The van der Waals surface area contributed by atoms with E-state index in [1.807, 2.05) is 44.7 Å². The van der Waals surface area contributed by atoms with Gasteiger partial charge in [-0.3, -0.25) is 4.79 Å². The second-order valence-electron chi connectivity index (χ2n) is 6.46. The lowest BCUT2D eigenvalue weighted by atomic mass is 9.82. The van der Waals surface area contributed by atoms with Crippen LogP contribution in [0.5, 0.6) is 0 Å². The molecule has 1 saturated heterocycles. The molecule has 1 fully saturated rings. The number of carbonyl (C=O) groups excluding carboxylic acids is 1. The van der Waals surface area contributed by atoms with E-state index in [0.29, 0.717) is 17.8 Å². The van der Waals surface area contributed by atoms with Crippen molar-refractivity contribution in [1.82, 2.24) is 4.90 Å². The minimum atomic E-state index is 0.0757. The van der Waals surface area contributed by atoms with Gasteiger partial charge in [0.25, 0.3) is 0 Å². The Morgan fingerprint density at radius 2 is 1.64 bits per heavy atom. The molecule has 2 rings (SSSR count). The number of nitrogens with zero attached hydrogens (tertiary/aromatic N) is 1. The number of rotatable bonds is 3. The second kappa shape index (κ2) is 8.57. The van der Waals surface area contributed by atoms with Gasteiger partial charge in [0, 0.05) is 29.9 Å². The normalized spacial score (nSPS) is 21.0. The predicted molar refractivity (Wildman–Crippen MR) is 95.3 cm³/mol. The molecular weight excluding hydrogens is 294 g/mol. The largest absolute Gasteiger partial charge is 0.342 e. The number of hydrogen-bond donors (Lipinski definition) is 0. The number of likely N-dealkylation sites (tertiary alicyclic amines) is 1. The van der Waals surface area contributed by atoms with Crippen molar-refractivity contribution in [2.24, 2.45) is 17.8 Å². The van der Waals surface area contributed by atoms with Crippen LogP contribution in [-0.2, 0) is 4.79 Å². The maximum atomic E-state index is 12.2. The zero-order chi connectivity index (χ0) is 16.9. The third-order valence-corrected chi connectivity index (χ3v) is 4.58. The van der Waals surface area contributed by atoms with Crippen molar-refractivity contribution in [3.05, 3.63) is 34.9 Å². The highest BCUT2D eigenvalue weighted by Crippen LogP contribution is 2.38. The minimum absolute atomic E-state index is 0.0757. The van der Waals surface area contributed by atoms with E-state index in [2.05, 4.69) is 26.0 Å². The maximum Gasteiger partial charge on any atom is 0.225 e. The van der Waals surface area contributed by atoms with Crippen molar-refractivity contribution in [3.63, 3.8) is 0 Å². The number of hydrogen-bond acceptors (Lipinski definition) is 1. The number of carbonyl (C=O) groups is 1. The van der Waals surface area contributed by atoms with Crippen LogP contribution in [0.3, 0.4) is 0 Å². The first kappa shape index (κ1) is 19.0. The Kier molecular flexibility index (Phi) is 7.41. The fourth-order valence-electron chi connectivity index (χ4n) is 3.11. The summed E-state index contributed by atoms with van der Waals surface area (Å²) in [7, 11) is 0.